The molecule has 3 aliphatic heterocycles. The summed E-state index contributed by atoms with van der Waals surface area (Å²) in [5.41, 5.74) is 0. The van der Waals surface area contributed by atoms with E-state index in [0.29, 0.717) is 0 Å². The fraction of sp³-hybridized carbons (Fsp3) is 0.955. The van der Waals surface area contributed by atoms with Gasteiger partial charge >= 0.3 is 0 Å². The third kappa shape index (κ3) is 6.45. The summed E-state index contributed by atoms with van der Waals surface area (Å²) in [6, 6.07) is -1.34. The number of carbonyl (C=O) groups excluding carboxylic acids is 1. The number of hydrogen-bond acceptors (Lipinski definition) is 15. The summed E-state index contributed by atoms with van der Waals surface area (Å²) >= 11 is 0. The van der Waals surface area contributed by atoms with Gasteiger partial charge in [0.25, 0.3) is 0 Å². The van der Waals surface area contributed by atoms with Gasteiger partial charge in [-0.15, -0.1) is 0 Å². The van der Waals surface area contributed by atoms with Crippen LogP contribution in [0.25, 0.3) is 0 Å². The second-order valence-corrected chi connectivity index (χ2v) is 9.47. The van der Waals surface area contributed by atoms with Crippen molar-refractivity contribution in [3.05, 3.63) is 0 Å². The number of carbonyl (C=O) groups is 1. The molecule has 3 rings (SSSR count). The monoisotopic (exact) mass is 557 g/mol. The topological polar surface area (TPSA) is 235 Å². The molecule has 16 nitrogen and oxygen atoms in total. The van der Waals surface area contributed by atoms with Crippen LogP contribution in [0.4, 0.5) is 0 Å². The first-order valence-corrected chi connectivity index (χ1v) is 12.2. The van der Waals surface area contributed by atoms with Crippen molar-refractivity contribution in [3.8, 4) is 0 Å². The van der Waals surface area contributed by atoms with Crippen molar-refractivity contribution < 1.29 is 73.7 Å². The molecule has 0 aromatic carbocycles. The zero-order valence-electron chi connectivity index (χ0n) is 21.5. The number of methoxy groups -OCH3 is 2. The van der Waals surface area contributed by atoms with Gasteiger partial charge in [0.15, 0.2) is 18.9 Å². The SMILES string of the molecule is CO[C@@H]1[C@@H](O)[C@@H](O[C@@H]2O[C@H](C)[C@@H](O)[C@H](O)[C@H]2OC)[C@H](O[C@@H]2[C@@H](O)[C@@H](CO)O[C@@H](O)[C@@H]2NC(C)=O)O[C@@H]1CO. The number of aliphatic hydroxyl groups is 7. The molecule has 0 saturated carbocycles. The second kappa shape index (κ2) is 13.5. The third-order valence-electron chi connectivity index (χ3n) is 6.95. The summed E-state index contributed by atoms with van der Waals surface area (Å²) in [6.07, 6.45) is -19.1. The first kappa shape index (κ1) is 31.4. The minimum absolute atomic E-state index is 0.592. The van der Waals surface area contributed by atoms with Gasteiger partial charge in [-0.2, -0.15) is 0 Å². The summed E-state index contributed by atoms with van der Waals surface area (Å²) in [7, 11) is 2.53. The van der Waals surface area contributed by atoms with Crippen molar-refractivity contribution in [2.45, 2.75) is 106 Å². The Morgan fingerprint density at radius 3 is 1.87 bits per heavy atom. The Bertz CT molecular complexity index is 762. The summed E-state index contributed by atoms with van der Waals surface area (Å²) in [5.74, 6) is -0.592. The average Bonchev–Trinajstić information content (AvgIpc) is 2.88. The van der Waals surface area contributed by atoms with Crippen molar-refractivity contribution in [2.24, 2.45) is 0 Å². The Hall–Kier alpha value is -1.09. The van der Waals surface area contributed by atoms with Gasteiger partial charge in [0.1, 0.15) is 67.1 Å². The number of nitrogens with one attached hydrogen (secondary N) is 1. The molecule has 0 radical (unpaired) electrons. The molecular formula is C22H39NO15. The Kier molecular flexibility index (Phi) is 11.2. The van der Waals surface area contributed by atoms with Gasteiger partial charge < -0.3 is 74.2 Å². The van der Waals surface area contributed by atoms with Crippen LogP contribution in [0, 0.1) is 0 Å². The molecule has 3 saturated heterocycles. The Balaban J connectivity index is 1.93. The molecule has 3 aliphatic rings. The van der Waals surface area contributed by atoms with Gasteiger partial charge in [0, 0.05) is 21.1 Å². The molecule has 38 heavy (non-hydrogen) atoms. The van der Waals surface area contributed by atoms with E-state index in [1.807, 2.05) is 0 Å². The van der Waals surface area contributed by atoms with Crippen LogP contribution in [-0.2, 0) is 38.0 Å². The van der Waals surface area contributed by atoms with E-state index in [0.717, 1.165) is 6.92 Å². The second-order valence-electron chi connectivity index (χ2n) is 9.47. The van der Waals surface area contributed by atoms with E-state index in [4.69, 9.17) is 33.2 Å². The molecular weight excluding hydrogens is 518 g/mol. The molecule has 3 heterocycles. The highest BCUT2D eigenvalue weighted by atomic mass is 16.8. The smallest absolute Gasteiger partial charge is 0.217 e. The molecule has 1 amide bonds. The highest BCUT2D eigenvalue weighted by molar-refractivity contribution is 5.73. The van der Waals surface area contributed by atoms with E-state index in [1.54, 1.807) is 0 Å². The summed E-state index contributed by atoms with van der Waals surface area (Å²) in [6.45, 7) is 1.34. The predicted molar refractivity (Wildman–Crippen MR) is 121 cm³/mol. The lowest BCUT2D eigenvalue weighted by atomic mass is 9.95. The highest BCUT2D eigenvalue weighted by Gasteiger charge is 2.54. The van der Waals surface area contributed by atoms with Crippen LogP contribution in [-0.4, -0.2) is 161 Å². The summed E-state index contributed by atoms with van der Waals surface area (Å²) < 4.78 is 39.1. The van der Waals surface area contributed by atoms with Crippen LogP contribution < -0.4 is 5.32 Å². The minimum Gasteiger partial charge on any atom is -0.394 e. The van der Waals surface area contributed by atoms with E-state index in [9.17, 15) is 40.5 Å². The highest BCUT2D eigenvalue weighted by Crippen LogP contribution is 2.33. The Labute approximate surface area is 218 Å². The lowest BCUT2D eigenvalue weighted by Gasteiger charge is -2.49. The van der Waals surface area contributed by atoms with E-state index in [-0.39, 0.29) is 0 Å². The number of ether oxygens (including phenoxy) is 7. The molecule has 0 bridgehead atoms. The average molecular weight is 558 g/mol. The number of hydrogen-bond donors (Lipinski definition) is 8. The van der Waals surface area contributed by atoms with Crippen molar-refractivity contribution in [3.63, 3.8) is 0 Å². The Morgan fingerprint density at radius 2 is 1.32 bits per heavy atom. The van der Waals surface area contributed by atoms with Crippen molar-refractivity contribution in [1.82, 2.24) is 5.32 Å². The lowest BCUT2D eigenvalue weighted by Crippen LogP contribution is -2.68. The summed E-state index contributed by atoms with van der Waals surface area (Å²) in [5, 5.41) is 74.9. The number of amides is 1. The van der Waals surface area contributed by atoms with Crippen LogP contribution in [0.5, 0.6) is 0 Å². The predicted octanol–water partition coefficient (Wildman–Crippen LogP) is -5.09. The number of rotatable bonds is 9. The lowest BCUT2D eigenvalue weighted by molar-refractivity contribution is -0.382. The normalized spacial score (nSPS) is 48.0. The molecule has 0 spiro atoms. The largest absolute Gasteiger partial charge is 0.394 e. The van der Waals surface area contributed by atoms with Gasteiger partial charge in [-0.1, -0.05) is 0 Å². The van der Waals surface area contributed by atoms with E-state index in [1.165, 1.54) is 21.1 Å². The third-order valence-corrected chi connectivity index (χ3v) is 6.95. The van der Waals surface area contributed by atoms with Gasteiger partial charge in [0.05, 0.1) is 19.3 Å². The maximum absolute atomic E-state index is 11.8. The standard InChI is InChI=1S/C22H39NO15/c1-7-12(27)14(29)18(33-4)21(34-7)38-19-15(30)16(32-3)10(6-25)36-22(19)37-17-11(23-8(2)26)20(31)35-9(5-24)13(17)28/h7,9-22,24-25,27-31H,5-6H2,1-4H3,(H,23,26)/t7-,9-,10-,11-,12-,13+,14+,15-,16+,17+,18-,19-,20-,21+,22+/m1/s1. The minimum atomic E-state index is -1.70. The van der Waals surface area contributed by atoms with Crippen LogP contribution in [0.2, 0.25) is 0 Å². The van der Waals surface area contributed by atoms with Crippen molar-refractivity contribution in [1.29, 1.82) is 0 Å². The molecule has 0 aromatic heterocycles. The maximum Gasteiger partial charge on any atom is 0.217 e. The van der Waals surface area contributed by atoms with Gasteiger partial charge in [0.2, 0.25) is 5.91 Å². The molecule has 0 aliphatic carbocycles. The van der Waals surface area contributed by atoms with Crippen molar-refractivity contribution in [2.75, 3.05) is 27.4 Å². The maximum atomic E-state index is 11.8. The molecule has 3 fully saturated rings. The molecule has 15 atom stereocenters. The molecule has 0 aromatic rings. The summed E-state index contributed by atoms with van der Waals surface area (Å²) in [4.78, 5) is 11.8. The molecule has 16 heteroatoms. The number of aliphatic hydroxyl groups excluding tert-OH is 7. The van der Waals surface area contributed by atoms with Gasteiger partial charge in [-0.05, 0) is 6.92 Å². The first-order valence-electron chi connectivity index (χ1n) is 12.2. The van der Waals surface area contributed by atoms with E-state index in [2.05, 4.69) is 5.32 Å². The van der Waals surface area contributed by atoms with Gasteiger partial charge in [-0.25, -0.2) is 0 Å². The van der Waals surface area contributed by atoms with E-state index < -0.39 is 111 Å². The molecule has 0 unspecified atom stereocenters. The fourth-order valence-electron chi connectivity index (χ4n) is 4.89. The van der Waals surface area contributed by atoms with E-state index >= 15 is 0 Å². The molecule has 222 valence electrons. The fourth-order valence-corrected chi connectivity index (χ4v) is 4.89. The first-order chi connectivity index (χ1) is 18.0. The van der Waals surface area contributed by atoms with Gasteiger partial charge in [-0.3, -0.25) is 4.79 Å². The quantitative estimate of drug-likeness (QED) is 0.132. The molecule has 8 N–H and O–H groups in total. The van der Waals surface area contributed by atoms with Crippen LogP contribution >= 0.6 is 0 Å². The van der Waals surface area contributed by atoms with Crippen LogP contribution in [0.1, 0.15) is 13.8 Å². The Morgan fingerprint density at radius 1 is 0.737 bits per heavy atom. The van der Waals surface area contributed by atoms with Crippen molar-refractivity contribution >= 4 is 5.91 Å². The zero-order valence-corrected chi connectivity index (χ0v) is 21.5. The van der Waals surface area contributed by atoms with Crippen LogP contribution in [0.15, 0.2) is 0 Å². The van der Waals surface area contributed by atoms with Crippen LogP contribution in [0.3, 0.4) is 0 Å². The zero-order chi connectivity index (χ0) is 28.3.